The van der Waals surface area contributed by atoms with Crippen LogP contribution in [0.4, 0.5) is 17.1 Å². The van der Waals surface area contributed by atoms with E-state index in [2.05, 4.69) is 187 Å². The summed E-state index contributed by atoms with van der Waals surface area (Å²) in [6, 6.07) is 66.9. The first-order chi connectivity index (χ1) is 25.3. The summed E-state index contributed by atoms with van der Waals surface area (Å²) < 4.78 is 0. The molecule has 246 valence electrons. The summed E-state index contributed by atoms with van der Waals surface area (Å²) in [5.74, 6) is 0.610. The van der Waals surface area contributed by atoms with Crippen LogP contribution in [0, 0.1) is 0 Å². The molecule has 1 aliphatic carbocycles. The third-order valence-corrected chi connectivity index (χ3v) is 10.9. The number of rotatable bonds is 7. The maximum Gasteiger partial charge on any atom is 0.0540 e. The van der Waals surface area contributed by atoms with Crippen molar-refractivity contribution in [1.82, 2.24) is 0 Å². The van der Waals surface area contributed by atoms with Crippen molar-refractivity contribution in [2.45, 2.75) is 38.0 Å². The van der Waals surface area contributed by atoms with Gasteiger partial charge in [-0.25, -0.2) is 0 Å². The Morgan fingerprint density at radius 1 is 0.373 bits per heavy atom. The summed E-state index contributed by atoms with van der Waals surface area (Å²) in [6.45, 7) is 0. The number of anilines is 3. The minimum absolute atomic E-state index is 0.610. The summed E-state index contributed by atoms with van der Waals surface area (Å²) in [5.41, 5.74) is 12.4. The van der Waals surface area contributed by atoms with E-state index >= 15 is 0 Å². The average Bonchev–Trinajstić information content (AvgIpc) is 3.22. The molecule has 0 radical (unpaired) electrons. The molecular formula is C50H41N. The number of hydrogen-bond acceptors (Lipinski definition) is 1. The molecule has 0 aliphatic heterocycles. The van der Waals surface area contributed by atoms with Gasteiger partial charge in [-0.05, 0) is 104 Å². The maximum absolute atomic E-state index is 2.44. The lowest BCUT2D eigenvalue weighted by molar-refractivity contribution is 0.445. The normalized spacial score (nSPS) is 13.4. The van der Waals surface area contributed by atoms with Gasteiger partial charge in [-0.2, -0.15) is 0 Å². The van der Waals surface area contributed by atoms with E-state index in [1.807, 2.05) is 0 Å². The molecule has 51 heavy (non-hydrogen) atoms. The fourth-order valence-electron chi connectivity index (χ4n) is 8.37. The Morgan fingerprint density at radius 2 is 0.922 bits per heavy atom. The largest absolute Gasteiger partial charge is 0.310 e. The van der Waals surface area contributed by atoms with Gasteiger partial charge in [-0.15, -0.1) is 0 Å². The first-order valence-corrected chi connectivity index (χ1v) is 18.5. The van der Waals surface area contributed by atoms with E-state index in [9.17, 15) is 0 Å². The minimum Gasteiger partial charge on any atom is -0.310 e. The van der Waals surface area contributed by atoms with E-state index in [4.69, 9.17) is 0 Å². The number of fused-ring (bicyclic) bond motifs is 2. The third-order valence-electron chi connectivity index (χ3n) is 10.9. The molecule has 9 rings (SSSR count). The van der Waals surface area contributed by atoms with E-state index in [0.717, 1.165) is 11.4 Å². The highest BCUT2D eigenvalue weighted by atomic mass is 15.1. The SMILES string of the molecule is c1ccc(-c2ccc(N(c3ccc(-c4cccc5ccccc45)cc3)c3ccccc3-c3cccc4cccc(C5CCCCC5)c34)cc2)cc1. The number of nitrogens with zero attached hydrogens (tertiary/aromatic N) is 1. The highest BCUT2D eigenvalue weighted by Crippen LogP contribution is 2.46. The Morgan fingerprint density at radius 3 is 1.69 bits per heavy atom. The lowest BCUT2D eigenvalue weighted by Crippen LogP contribution is -2.11. The van der Waals surface area contributed by atoms with Gasteiger partial charge in [-0.3, -0.25) is 0 Å². The van der Waals surface area contributed by atoms with E-state index < -0.39 is 0 Å². The molecule has 1 saturated carbocycles. The summed E-state index contributed by atoms with van der Waals surface area (Å²) in [7, 11) is 0. The van der Waals surface area contributed by atoms with Crippen LogP contribution in [0.25, 0.3) is 54.9 Å². The van der Waals surface area contributed by atoms with Gasteiger partial charge in [0.25, 0.3) is 0 Å². The Kier molecular flexibility index (Phi) is 8.39. The van der Waals surface area contributed by atoms with E-state index in [1.54, 1.807) is 0 Å². The first-order valence-electron chi connectivity index (χ1n) is 18.5. The second-order valence-corrected chi connectivity index (χ2v) is 13.9. The van der Waals surface area contributed by atoms with Crippen molar-refractivity contribution in [1.29, 1.82) is 0 Å². The van der Waals surface area contributed by atoms with Crippen LogP contribution in [0.1, 0.15) is 43.6 Å². The Labute approximate surface area is 301 Å². The van der Waals surface area contributed by atoms with E-state index in [1.165, 1.54) is 98.3 Å². The van der Waals surface area contributed by atoms with Crippen LogP contribution in [-0.2, 0) is 0 Å². The molecule has 8 aromatic carbocycles. The van der Waals surface area contributed by atoms with Crippen LogP contribution < -0.4 is 4.90 Å². The molecule has 0 heterocycles. The highest BCUT2D eigenvalue weighted by Gasteiger charge is 2.22. The van der Waals surface area contributed by atoms with Gasteiger partial charge in [0.1, 0.15) is 0 Å². The lowest BCUT2D eigenvalue weighted by Gasteiger charge is -2.29. The Bertz CT molecular complexity index is 2420. The molecular weight excluding hydrogens is 615 g/mol. The third kappa shape index (κ3) is 6.00. The van der Waals surface area contributed by atoms with Gasteiger partial charge >= 0.3 is 0 Å². The molecule has 0 aromatic heterocycles. The first kappa shape index (κ1) is 31.1. The molecule has 0 N–H and O–H groups in total. The second-order valence-electron chi connectivity index (χ2n) is 13.9. The summed E-state index contributed by atoms with van der Waals surface area (Å²) in [4.78, 5) is 2.44. The predicted molar refractivity (Wildman–Crippen MR) is 218 cm³/mol. The average molecular weight is 656 g/mol. The molecule has 0 spiro atoms. The number of hydrogen-bond donors (Lipinski definition) is 0. The standard InChI is InChI=1S/C50H41N/c1-3-14-36(15-4-1)37-28-32-42(33-29-37)51(43-34-30-40(31-35-43)45-24-11-19-38-18-7-8-22-44(38)45)49-27-10-9-23-47(49)48-26-13-21-41-20-12-25-46(50(41)48)39-16-5-2-6-17-39/h1,3-4,7-15,18-35,39H,2,5-6,16-17H2. The molecule has 0 unspecified atom stereocenters. The molecule has 1 fully saturated rings. The zero-order valence-electron chi connectivity index (χ0n) is 28.9. The maximum atomic E-state index is 2.44. The molecule has 0 bridgehead atoms. The number of benzene rings is 8. The van der Waals surface area contributed by atoms with Gasteiger partial charge in [0, 0.05) is 16.9 Å². The van der Waals surface area contributed by atoms with Crippen LogP contribution in [0.3, 0.4) is 0 Å². The van der Waals surface area contributed by atoms with Crippen LogP contribution in [0.5, 0.6) is 0 Å². The van der Waals surface area contributed by atoms with Crippen molar-refractivity contribution >= 4 is 38.6 Å². The summed E-state index contributed by atoms with van der Waals surface area (Å²) in [6.07, 6.45) is 6.55. The van der Waals surface area contributed by atoms with E-state index in [0.29, 0.717) is 5.92 Å². The topological polar surface area (TPSA) is 3.24 Å². The van der Waals surface area contributed by atoms with Crippen LogP contribution >= 0.6 is 0 Å². The van der Waals surface area contributed by atoms with Crippen molar-refractivity contribution in [3.05, 3.63) is 188 Å². The molecule has 1 aliphatic rings. The fraction of sp³-hybridized carbons (Fsp3) is 0.120. The minimum atomic E-state index is 0.610. The van der Waals surface area contributed by atoms with Gasteiger partial charge in [-0.1, -0.05) is 171 Å². The molecule has 0 atom stereocenters. The van der Waals surface area contributed by atoms with Crippen LogP contribution in [0.2, 0.25) is 0 Å². The quantitative estimate of drug-likeness (QED) is 0.165. The smallest absolute Gasteiger partial charge is 0.0540 e. The highest BCUT2D eigenvalue weighted by molar-refractivity contribution is 6.03. The fourth-order valence-corrected chi connectivity index (χ4v) is 8.37. The summed E-state index contributed by atoms with van der Waals surface area (Å²) >= 11 is 0. The monoisotopic (exact) mass is 655 g/mol. The number of para-hydroxylation sites is 1. The van der Waals surface area contributed by atoms with E-state index in [-0.39, 0.29) is 0 Å². The van der Waals surface area contributed by atoms with Crippen molar-refractivity contribution < 1.29 is 0 Å². The molecule has 0 amide bonds. The summed E-state index contributed by atoms with van der Waals surface area (Å²) in [5, 5.41) is 5.26. The van der Waals surface area contributed by atoms with Gasteiger partial charge in [0.05, 0.1) is 5.69 Å². The molecule has 1 heteroatoms. The van der Waals surface area contributed by atoms with Crippen LogP contribution in [0.15, 0.2) is 182 Å². The molecule has 1 nitrogen and oxygen atoms in total. The lowest BCUT2D eigenvalue weighted by atomic mass is 9.80. The van der Waals surface area contributed by atoms with Crippen LogP contribution in [-0.4, -0.2) is 0 Å². The zero-order chi connectivity index (χ0) is 34.0. The Hall–Kier alpha value is -5.92. The predicted octanol–water partition coefficient (Wildman–Crippen LogP) is 14.5. The second kappa shape index (κ2) is 13.8. The van der Waals surface area contributed by atoms with Crippen molar-refractivity contribution in [2.75, 3.05) is 4.90 Å². The molecule has 0 saturated heterocycles. The van der Waals surface area contributed by atoms with Gasteiger partial charge in [0.15, 0.2) is 0 Å². The van der Waals surface area contributed by atoms with Crippen molar-refractivity contribution in [3.8, 4) is 33.4 Å². The van der Waals surface area contributed by atoms with Crippen molar-refractivity contribution in [2.24, 2.45) is 0 Å². The Balaban J connectivity index is 1.21. The van der Waals surface area contributed by atoms with Gasteiger partial charge in [0.2, 0.25) is 0 Å². The van der Waals surface area contributed by atoms with Crippen molar-refractivity contribution in [3.63, 3.8) is 0 Å². The zero-order valence-corrected chi connectivity index (χ0v) is 28.9. The molecule has 8 aromatic rings. The van der Waals surface area contributed by atoms with Gasteiger partial charge < -0.3 is 4.90 Å².